The van der Waals surface area contributed by atoms with Crippen LogP contribution in [-0.2, 0) is 17.8 Å². The van der Waals surface area contributed by atoms with Crippen molar-refractivity contribution in [3.63, 3.8) is 0 Å². The molecule has 1 amide bonds. The van der Waals surface area contributed by atoms with E-state index < -0.39 is 18.1 Å². The topological polar surface area (TPSA) is 77.4 Å². The molecule has 0 aliphatic rings. The van der Waals surface area contributed by atoms with E-state index >= 15 is 0 Å². The molecule has 0 spiro atoms. The van der Waals surface area contributed by atoms with E-state index in [2.05, 4.69) is 0 Å². The van der Waals surface area contributed by atoms with Crippen molar-refractivity contribution in [3.8, 4) is 5.75 Å². The monoisotopic (exact) mass is 528 g/mol. The molecule has 6 nitrogen and oxygen atoms in total. The van der Waals surface area contributed by atoms with Crippen LogP contribution in [0.5, 0.6) is 5.75 Å². The number of hydrogen-bond acceptors (Lipinski definition) is 5. The molecule has 192 valence electrons. The van der Waals surface area contributed by atoms with E-state index in [1.54, 1.807) is 71.3 Å². The van der Waals surface area contributed by atoms with E-state index in [1.807, 2.05) is 11.4 Å². The minimum absolute atomic E-state index is 0.112. The molecular weight excluding hydrogens is 505 g/mol. The van der Waals surface area contributed by atoms with Gasteiger partial charge in [0, 0.05) is 17.2 Å². The van der Waals surface area contributed by atoms with Crippen LogP contribution in [-0.4, -0.2) is 35.1 Å². The number of carbonyl (C=O) groups is 2. The molecule has 1 N–H and O–H groups in total. The molecule has 0 aliphatic carbocycles. The normalized spacial score (nSPS) is 12.3. The molecule has 0 fully saturated rings. The van der Waals surface area contributed by atoms with Crippen LogP contribution in [0.1, 0.15) is 28.4 Å². The van der Waals surface area contributed by atoms with Gasteiger partial charge in [0.05, 0.1) is 16.8 Å². The lowest BCUT2D eigenvalue weighted by Gasteiger charge is -2.15. The molecule has 4 rings (SSSR count). The molecule has 1 unspecified atom stereocenters. The average molecular weight is 529 g/mol. The Kier molecular flexibility index (Phi) is 7.77. The number of hydrogen-bond donors (Lipinski definition) is 1. The lowest BCUT2D eigenvalue weighted by atomic mass is 10.0. The summed E-state index contributed by atoms with van der Waals surface area (Å²) < 4.78 is 45.2. The van der Waals surface area contributed by atoms with Crippen LogP contribution in [0.2, 0.25) is 0 Å². The van der Waals surface area contributed by atoms with E-state index in [0.29, 0.717) is 33.6 Å². The maximum Gasteiger partial charge on any atom is 0.471 e. The number of aromatic nitrogens is 1. The molecule has 1 aromatic heterocycles. The van der Waals surface area contributed by atoms with Gasteiger partial charge >= 0.3 is 17.0 Å². The number of fused-ring (bicyclic) bond motifs is 1. The van der Waals surface area contributed by atoms with Gasteiger partial charge in [0.15, 0.2) is 5.78 Å². The van der Waals surface area contributed by atoms with E-state index in [0.717, 1.165) is 16.9 Å². The van der Waals surface area contributed by atoms with Gasteiger partial charge in [-0.3, -0.25) is 19.0 Å². The third-order valence-electron chi connectivity index (χ3n) is 5.65. The van der Waals surface area contributed by atoms with Gasteiger partial charge in [0.25, 0.3) is 0 Å². The molecule has 0 saturated heterocycles. The van der Waals surface area contributed by atoms with Crippen LogP contribution < -0.4 is 14.9 Å². The molecule has 0 saturated carbocycles. The average Bonchev–Trinajstić information content (AvgIpc) is 3.18. The summed E-state index contributed by atoms with van der Waals surface area (Å²) in [6.07, 6.45) is -4.68. The second-order valence-electron chi connectivity index (χ2n) is 8.47. The molecule has 1 heterocycles. The van der Waals surface area contributed by atoms with E-state index in [-0.39, 0.29) is 23.7 Å². The first-order valence-electron chi connectivity index (χ1n) is 11.4. The lowest BCUT2D eigenvalue weighted by molar-refractivity contribution is -0.174. The molecule has 0 aliphatic heterocycles. The molecule has 37 heavy (non-hydrogen) atoms. The Labute approximate surface area is 214 Å². The summed E-state index contributed by atoms with van der Waals surface area (Å²) in [5.74, 6) is -1.53. The second-order valence-corrected chi connectivity index (χ2v) is 9.46. The molecular formula is C27H23F3N2O4S. The number of carbonyl (C=O) groups excluding carboxylic acids is 2. The summed E-state index contributed by atoms with van der Waals surface area (Å²) in [5.41, 5.74) is 2.54. The van der Waals surface area contributed by atoms with E-state index in [4.69, 9.17) is 4.74 Å². The predicted molar refractivity (Wildman–Crippen MR) is 135 cm³/mol. The highest BCUT2D eigenvalue weighted by Gasteiger charge is 2.39. The number of ether oxygens (including phenoxy) is 1. The van der Waals surface area contributed by atoms with Crippen LogP contribution in [0.4, 0.5) is 13.2 Å². The smallest absolute Gasteiger partial charge is 0.471 e. The third kappa shape index (κ3) is 6.45. The molecule has 1 atom stereocenters. The fourth-order valence-corrected chi connectivity index (χ4v) is 4.82. The summed E-state index contributed by atoms with van der Waals surface area (Å²) in [7, 11) is 0. The minimum atomic E-state index is -4.91. The number of thiazole rings is 1. The van der Waals surface area contributed by atoms with Crippen LogP contribution in [0.3, 0.4) is 0 Å². The van der Waals surface area contributed by atoms with Crippen LogP contribution in [0.25, 0.3) is 10.2 Å². The summed E-state index contributed by atoms with van der Waals surface area (Å²) in [6.45, 7) is 2.01. The standard InChI is InChI=1S/C27H23F3N2O4S/c1-17(31-25(34)27(28,29)30)15-18-7-10-21(11-8-18)36-14-13-32-22-12-9-20(16-23(22)37-26(32)35)24(33)19-5-3-2-4-6-19/h2-12,16-17H,13-15H2,1H3,(H,31,34). The minimum Gasteiger partial charge on any atom is -0.492 e. The third-order valence-corrected chi connectivity index (χ3v) is 6.59. The number of alkyl halides is 3. The maximum absolute atomic E-state index is 12.7. The van der Waals surface area contributed by atoms with Gasteiger partial charge < -0.3 is 10.1 Å². The first kappa shape index (κ1) is 26.2. The maximum atomic E-state index is 12.7. The summed E-state index contributed by atoms with van der Waals surface area (Å²) in [6, 6.07) is 20.2. The Morgan fingerprint density at radius 2 is 1.70 bits per heavy atom. The number of amides is 1. The predicted octanol–water partition coefficient (Wildman–Crippen LogP) is 4.98. The Balaban J connectivity index is 1.35. The van der Waals surface area contributed by atoms with Crippen molar-refractivity contribution in [1.29, 1.82) is 0 Å². The highest BCUT2D eigenvalue weighted by Crippen LogP contribution is 2.22. The van der Waals surface area contributed by atoms with Crippen LogP contribution >= 0.6 is 11.3 Å². The molecule has 4 aromatic rings. The van der Waals surface area contributed by atoms with E-state index in [1.165, 1.54) is 6.92 Å². The van der Waals surface area contributed by atoms with Gasteiger partial charge in [0.1, 0.15) is 12.4 Å². The number of nitrogens with zero attached hydrogens (tertiary/aromatic N) is 1. The quantitative estimate of drug-likeness (QED) is 0.311. The summed E-state index contributed by atoms with van der Waals surface area (Å²) >= 11 is 1.06. The number of halogens is 3. The van der Waals surface area contributed by atoms with Crippen LogP contribution in [0, 0.1) is 0 Å². The Hall–Kier alpha value is -3.92. The van der Waals surface area contributed by atoms with Gasteiger partial charge in [-0.25, -0.2) is 0 Å². The Morgan fingerprint density at radius 3 is 2.38 bits per heavy atom. The van der Waals surface area contributed by atoms with Crippen molar-refractivity contribution in [2.24, 2.45) is 0 Å². The van der Waals surface area contributed by atoms with E-state index in [9.17, 15) is 27.6 Å². The van der Waals surface area contributed by atoms with Crippen molar-refractivity contribution >= 4 is 33.2 Å². The molecule has 0 radical (unpaired) electrons. The first-order valence-corrected chi connectivity index (χ1v) is 12.3. The fourth-order valence-electron chi connectivity index (χ4n) is 3.86. The van der Waals surface area contributed by atoms with Crippen molar-refractivity contribution < 1.29 is 27.5 Å². The molecule has 3 aromatic carbocycles. The highest BCUT2D eigenvalue weighted by molar-refractivity contribution is 7.16. The fraction of sp³-hybridized carbons (Fsp3) is 0.222. The number of rotatable bonds is 9. The lowest BCUT2D eigenvalue weighted by Crippen LogP contribution is -2.42. The van der Waals surface area contributed by atoms with Gasteiger partial charge in [0.2, 0.25) is 0 Å². The summed E-state index contributed by atoms with van der Waals surface area (Å²) in [4.78, 5) is 36.2. The number of ketones is 1. The van der Waals surface area contributed by atoms with Crippen molar-refractivity contribution in [1.82, 2.24) is 9.88 Å². The van der Waals surface area contributed by atoms with Crippen molar-refractivity contribution in [2.75, 3.05) is 6.61 Å². The number of benzene rings is 3. The second kappa shape index (κ2) is 11.0. The van der Waals surface area contributed by atoms with Crippen LogP contribution in [0.15, 0.2) is 77.6 Å². The van der Waals surface area contributed by atoms with Gasteiger partial charge in [-0.15, -0.1) is 0 Å². The largest absolute Gasteiger partial charge is 0.492 e. The van der Waals surface area contributed by atoms with Gasteiger partial charge in [-0.2, -0.15) is 13.2 Å². The zero-order chi connectivity index (χ0) is 26.6. The zero-order valence-electron chi connectivity index (χ0n) is 19.7. The molecule has 10 heteroatoms. The Bertz CT molecular complexity index is 1460. The Morgan fingerprint density at radius 1 is 1.00 bits per heavy atom. The van der Waals surface area contributed by atoms with Crippen molar-refractivity contribution in [3.05, 3.63) is 99.2 Å². The summed E-state index contributed by atoms with van der Waals surface area (Å²) in [5, 5.41) is 1.93. The van der Waals surface area contributed by atoms with Gasteiger partial charge in [-0.1, -0.05) is 53.8 Å². The van der Waals surface area contributed by atoms with Crippen molar-refractivity contribution in [2.45, 2.75) is 32.1 Å². The van der Waals surface area contributed by atoms with Gasteiger partial charge in [-0.05, 0) is 49.2 Å². The number of nitrogens with one attached hydrogen (secondary N) is 1. The zero-order valence-corrected chi connectivity index (χ0v) is 20.6. The highest BCUT2D eigenvalue weighted by atomic mass is 32.1. The molecule has 0 bridgehead atoms. The first-order chi connectivity index (χ1) is 17.6. The SMILES string of the molecule is CC(Cc1ccc(OCCn2c(=O)sc3cc(C(=O)c4ccccc4)ccc32)cc1)NC(=O)C(F)(F)F.